The van der Waals surface area contributed by atoms with E-state index < -0.39 is 5.60 Å². The van der Waals surface area contributed by atoms with Gasteiger partial charge in [0.15, 0.2) is 5.60 Å². The molecule has 0 aromatic heterocycles. The van der Waals surface area contributed by atoms with Crippen molar-refractivity contribution in [2.75, 3.05) is 0 Å². The fourth-order valence-electron chi connectivity index (χ4n) is 2.80. The predicted octanol–water partition coefficient (Wildman–Crippen LogP) is 3.02. The van der Waals surface area contributed by atoms with E-state index >= 15 is 0 Å². The SMILES string of the molecule is NC(=O)C1(Oc2ccc3ccccc3c2)CCCC1. The van der Waals surface area contributed by atoms with E-state index in [-0.39, 0.29) is 5.91 Å². The van der Waals surface area contributed by atoms with Crippen LogP contribution in [0, 0.1) is 0 Å². The van der Waals surface area contributed by atoms with Crippen LogP contribution in [0.1, 0.15) is 25.7 Å². The molecule has 1 amide bonds. The number of primary amides is 1. The normalized spacial score (nSPS) is 17.5. The molecule has 19 heavy (non-hydrogen) atoms. The molecule has 1 aliphatic carbocycles. The Balaban J connectivity index is 1.94. The number of carbonyl (C=O) groups is 1. The number of fused-ring (bicyclic) bond motifs is 1. The first-order chi connectivity index (χ1) is 9.20. The monoisotopic (exact) mass is 255 g/mol. The molecule has 0 bridgehead atoms. The summed E-state index contributed by atoms with van der Waals surface area (Å²) in [5.41, 5.74) is 4.73. The van der Waals surface area contributed by atoms with Crippen molar-refractivity contribution >= 4 is 16.7 Å². The zero-order valence-electron chi connectivity index (χ0n) is 10.8. The summed E-state index contributed by atoms with van der Waals surface area (Å²) in [7, 11) is 0. The van der Waals surface area contributed by atoms with Gasteiger partial charge in [-0.3, -0.25) is 4.79 Å². The molecule has 1 aliphatic rings. The van der Waals surface area contributed by atoms with Crippen LogP contribution in [0.15, 0.2) is 42.5 Å². The molecule has 0 spiro atoms. The van der Waals surface area contributed by atoms with Gasteiger partial charge in [-0.1, -0.05) is 30.3 Å². The molecule has 1 saturated carbocycles. The Kier molecular flexibility index (Phi) is 2.90. The van der Waals surface area contributed by atoms with Crippen molar-refractivity contribution in [2.45, 2.75) is 31.3 Å². The molecule has 2 aromatic rings. The van der Waals surface area contributed by atoms with Crippen LogP contribution in [0.3, 0.4) is 0 Å². The van der Waals surface area contributed by atoms with Crippen LogP contribution < -0.4 is 10.5 Å². The fourth-order valence-corrected chi connectivity index (χ4v) is 2.80. The minimum absolute atomic E-state index is 0.349. The average molecular weight is 255 g/mol. The van der Waals surface area contributed by atoms with Crippen molar-refractivity contribution in [3.63, 3.8) is 0 Å². The van der Waals surface area contributed by atoms with E-state index in [1.54, 1.807) is 0 Å². The van der Waals surface area contributed by atoms with Gasteiger partial charge in [0, 0.05) is 0 Å². The second kappa shape index (κ2) is 4.57. The Morgan fingerprint density at radius 3 is 2.42 bits per heavy atom. The van der Waals surface area contributed by atoms with Crippen molar-refractivity contribution in [1.82, 2.24) is 0 Å². The molecule has 3 heteroatoms. The highest BCUT2D eigenvalue weighted by Crippen LogP contribution is 2.35. The lowest BCUT2D eigenvalue weighted by atomic mass is 10.0. The molecule has 98 valence electrons. The van der Waals surface area contributed by atoms with Gasteiger partial charge in [-0.15, -0.1) is 0 Å². The van der Waals surface area contributed by atoms with Gasteiger partial charge in [0.1, 0.15) is 5.75 Å². The maximum absolute atomic E-state index is 11.7. The number of amides is 1. The van der Waals surface area contributed by atoms with Crippen LogP contribution in [-0.4, -0.2) is 11.5 Å². The minimum Gasteiger partial charge on any atom is -0.477 e. The summed E-state index contributed by atoms with van der Waals surface area (Å²) in [6.07, 6.45) is 3.43. The summed E-state index contributed by atoms with van der Waals surface area (Å²) in [4.78, 5) is 11.7. The summed E-state index contributed by atoms with van der Waals surface area (Å²) in [6, 6.07) is 14.0. The largest absolute Gasteiger partial charge is 0.477 e. The third kappa shape index (κ3) is 2.16. The zero-order chi connectivity index (χ0) is 13.3. The highest BCUT2D eigenvalue weighted by Gasteiger charge is 2.42. The van der Waals surface area contributed by atoms with Crippen LogP contribution in [0.5, 0.6) is 5.75 Å². The molecule has 0 aliphatic heterocycles. The summed E-state index contributed by atoms with van der Waals surface area (Å²) in [6.45, 7) is 0. The van der Waals surface area contributed by atoms with Gasteiger partial charge < -0.3 is 10.5 Å². The van der Waals surface area contributed by atoms with Gasteiger partial charge in [-0.25, -0.2) is 0 Å². The van der Waals surface area contributed by atoms with Gasteiger partial charge >= 0.3 is 0 Å². The highest BCUT2D eigenvalue weighted by atomic mass is 16.5. The Hall–Kier alpha value is -2.03. The molecule has 0 unspecified atom stereocenters. The number of hydrogen-bond acceptors (Lipinski definition) is 2. The average Bonchev–Trinajstić information content (AvgIpc) is 2.88. The van der Waals surface area contributed by atoms with Crippen molar-refractivity contribution in [2.24, 2.45) is 5.73 Å². The van der Waals surface area contributed by atoms with Gasteiger partial charge in [0.2, 0.25) is 0 Å². The topological polar surface area (TPSA) is 52.3 Å². The molecule has 3 rings (SSSR count). The predicted molar refractivity (Wildman–Crippen MR) is 75.0 cm³/mol. The summed E-state index contributed by atoms with van der Waals surface area (Å²) in [5, 5.41) is 2.27. The second-order valence-corrected chi connectivity index (χ2v) is 5.18. The van der Waals surface area contributed by atoms with Crippen molar-refractivity contribution in [3.8, 4) is 5.75 Å². The van der Waals surface area contributed by atoms with Crippen LogP contribution in [0.25, 0.3) is 10.8 Å². The van der Waals surface area contributed by atoms with E-state index in [1.165, 1.54) is 0 Å². The van der Waals surface area contributed by atoms with E-state index in [1.807, 2.05) is 36.4 Å². The minimum atomic E-state index is -0.803. The molecule has 0 saturated heterocycles. The van der Waals surface area contributed by atoms with E-state index in [0.717, 1.165) is 42.2 Å². The van der Waals surface area contributed by atoms with Gasteiger partial charge in [-0.05, 0) is 48.6 Å². The van der Waals surface area contributed by atoms with Gasteiger partial charge in [0.25, 0.3) is 5.91 Å². The van der Waals surface area contributed by atoms with E-state index in [0.29, 0.717) is 0 Å². The molecule has 0 radical (unpaired) electrons. The lowest BCUT2D eigenvalue weighted by Gasteiger charge is -2.26. The highest BCUT2D eigenvalue weighted by molar-refractivity contribution is 5.86. The molecule has 2 N–H and O–H groups in total. The lowest BCUT2D eigenvalue weighted by molar-refractivity contribution is -0.132. The van der Waals surface area contributed by atoms with Gasteiger partial charge in [-0.2, -0.15) is 0 Å². The fraction of sp³-hybridized carbons (Fsp3) is 0.312. The smallest absolute Gasteiger partial charge is 0.261 e. The van der Waals surface area contributed by atoms with Crippen LogP contribution in [-0.2, 0) is 4.79 Å². The second-order valence-electron chi connectivity index (χ2n) is 5.18. The van der Waals surface area contributed by atoms with Gasteiger partial charge in [0.05, 0.1) is 0 Å². The Morgan fingerprint density at radius 1 is 1.05 bits per heavy atom. The Morgan fingerprint density at radius 2 is 1.74 bits per heavy atom. The quantitative estimate of drug-likeness (QED) is 0.916. The molecule has 3 nitrogen and oxygen atoms in total. The Labute approximate surface area is 112 Å². The standard InChI is InChI=1S/C16H17NO2/c17-15(18)16(9-3-4-10-16)19-14-8-7-12-5-1-2-6-13(12)11-14/h1-2,5-8,11H,3-4,9-10H2,(H2,17,18). The third-order valence-electron chi connectivity index (χ3n) is 3.89. The van der Waals surface area contributed by atoms with Crippen molar-refractivity contribution in [1.29, 1.82) is 0 Å². The molecule has 1 fully saturated rings. The first kappa shape index (κ1) is 12.0. The van der Waals surface area contributed by atoms with Crippen LogP contribution in [0.2, 0.25) is 0 Å². The van der Waals surface area contributed by atoms with Crippen molar-refractivity contribution in [3.05, 3.63) is 42.5 Å². The van der Waals surface area contributed by atoms with Crippen LogP contribution in [0.4, 0.5) is 0 Å². The van der Waals surface area contributed by atoms with E-state index in [9.17, 15) is 4.79 Å². The molecular formula is C16H17NO2. The summed E-state index contributed by atoms with van der Waals surface area (Å²) in [5.74, 6) is 0.373. The number of rotatable bonds is 3. The molecule has 0 atom stereocenters. The van der Waals surface area contributed by atoms with Crippen molar-refractivity contribution < 1.29 is 9.53 Å². The summed E-state index contributed by atoms with van der Waals surface area (Å²) >= 11 is 0. The molecule has 2 aromatic carbocycles. The van der Waals surface area contributed by atoms with E-state index in [2.05, 4.69) is 6.07 Å². The lowest BCUT2D eigenvalue weighted by Crippen LogP contribution is -2.46. The number of benzene rings is 2. The van der Waals surface area contributed by atoms with E-state index in [4.69, 9.17) is 10.5 Å². The number of carbonyl (C=O) groups excluding carboxylic acids is 1. The Bertz CT molecular complexity index is 615. The third-order valence-corrected chi connectivity index (χ3v) is 3.89. The maximum Gasteiger partial charge on any atom is 0.261 e. The first-order valence-electron chi connectivity index (χ1n) is 6.67. The summed E-state index contributed by atoms with van der Waals surface area (Å²) < 4.78 is 5.96. The number of ether oxygens (including phenoxy) is 1. The van der Waals surface area contributed by atoms with Crippen LogP contribution >= 0.6 is 0 Å². The maximum atomic E-state index is 11.7. The molecular weight excluding hydrogens is 238 g/mol. The first-order valence-corrected chi connectivity index (χ1v) is 6.67. The number of nitrogens with two attached hydrogens (primary N) is 1. The number of hydrogen-bond donors (Lipinski definition) is 1. The molecule has 0 heterocycles. The zero-order valence-corrected chi connectivity index (χ0v) is 10.8.